The Morgan fingerprint density at radius 3 is 2.79 bits per heavy atom. The molecule has 2 aromatic rings. The lowest BCUT2D eigenvalue weighted by Crippen LogP contribution is -2.52. The van der Waals surface area contributed by atoms with Crippen molar-refractivity contribution < 1.29 is 20.1 Å². The van der Waals surface area contributed by atoms with Crippen LogP contribution < -0.4 is 0 Å². The number of nitrogens with zero attached hydrogens (tertiary/aromatic N) is 2. The van der Waals surface area contributed by atoms with Gasteiger partial charge < -0.3 is 20.2 Å². The molecule has 3 N–H and O–H groups in total. The van der Waals surface area contributed by atoms with E-state index in [-0.39, 0.29) is 30.5 Å². The molecule has 0 unspecified atom stereocenters. The molecule has 128 valence electrons. The Balaban J connectivity index is 1.97. The van der Waals surface area contributed by atoms with Crippen LogP contribution in [0.25, 0.3) is 10.9 Å². The summed E-state index contributed by atoms with van der Waals surface area (Å²) >= 11 is 0. The average Bonchev–Trinajstić information content (AvgIpc) is 2.58. The topological polar surface area (TPSA) is 93.9 Å². The minimum absolute atomic E-state index is 0.0794. The molecule has 3 rings (SSSR count). The molecule has 1 aromatic carbocycles. The number of hydrogen-bond acceptors (Lipinski definition) is 5. The summed E-state index contributed by atoms with van der Waals surface area (Å²) in [5.41, 5.74) is 1.09. The highest BCUT2D eigenvalue weighted by Crippen LogP contribution is 2.30. The van der Waals surface area contributed by atoms with Gasteiger partial charge in [0.1, 0.15) is 22.6 Å². The molecule has 1 aromatic heterocycles. The van der Waals surface area contributed by atoms with Crippen molar-refractivity contribution in [3.63, 3.8) is 0 Å². The minimum atomic E-state index is -1.25. The third-order valence-electron chi connectivity index (χ3n) is 4.71. The van der Waals surface area contributed by atoms with Gasteiger partial charge in [-0.05, 0) is 43.9 Å². The molecule has 1 fully saturated rings. The van der Waals surface area contributed by atoms with E-state index in [9.17, 15) is 20.1 Å². The Hall–Kier alpha value is -2.18. The van der Waals surface area contributed by atoms with Gasteiger partial charge in [-0.2, -0.15) is 0 Å². The van der Waals surface area contributed by atoms with E-state index in [0.717, 1.165) is 10.9 Å². The number of rotatable bonds is 2. The number of aryl methyl sites for hydroxylation is 2. The zero-order valence-corrected chi connectivity index (χ0v) is 13.9. The Morgan fingerprint density at radius 2 is 2.08 bits per heavy atom. The van der Waals surface area contributed by atoms with Crippen LogP contribution in [0, 0.1) is 13.8 Å². The van der Waals surface area contributed by atoms with E-state index >= 15 is 0 Å². The smallest absolute Gasteiger partial charge is 0.272 e. The number of carbonyl (C=O) groups excluding carboxylic acids is 1. The predicted molar refractivity (Wildman–Crippen MR) is 90.1 cm³/mol. The number of piperidine rings is 1. The number of aromatic hydroxyl groups is 1. The van der Waals surface area contributed by atoms with Crippen molar-refractivity contribution in [1.82, 2.24) is 9.88 Å². The number of phenols is 1. The molecule has 1 saturated heterocycles. The maximum atomic E-state index is 12.7. The highest BCUT2D eigenvalue weighted by atomic mass is 16.3. The van der Waals surface area contributed by atoms with Gasteiger partial charge in [-0.3, -0.25) is 4.79 Å². The van der Waals surface area contributed by atoms with Crippen LogP contribution in [0.3, 0.4) is 0 Å². The Kier molecular flexibility index (Phi) is 4.19. The number of amides is 1. The summed E-state index contributed by atoms with van der Waals surface area (Å²) in [6.45, 7) is 3.95. The maximum absolute atomic E-state index is 12.7. The van der Waals surface area contributed by atoms with Crippen molar-refractivity contribution in [3.05, 3.63) is 35.0 Å². The molecule has 0 radical (unpaired) electrons. The Morgan fingerprint density at radius 1 is 1.33 bits per heavy atom. The van der Waals surface area contributed by atoms with Crippen molar-refractivity contribution in [2.24, 2.45) is 0 Å². The Bertz CT molecular complexity index is 805. The molecule has 0 bridgehead atoms. The first-order chi connectivity index (χ1) is 11.3. The Labute approximate surface area is 140 Å². The van der Waals surface area contributed by atoms with Crippen molar-refractivity contribution in [3.8, 4) is 5.75 Å². The molecular formula is C18H22N2O4. The molecule has 1 atom stereocenters. The van der Waals surface area contributed by atoms with E-state index in [2.05, 4.69) is 4.98 Å². The number of hydrogen-bond donors (Lipinski definition) is 3. The summed E-state index contributed by atoms with van der Waals surface area (Å²) in [5, 5.41) is 30.6. The number of aliphatic hydroxyl groups excluding tert-OH is 1. The average molecular weight is 330 g/mol. The van der Waals surface area contributed by atoms with Gasteiger partial charge in [0, 0.05) is 11.9 Å². The van der Waals surface area contributed by atoms with E-state index in [4.69, 9.17) is 0 Å². The number of carbonyl (C=O) groups is 1. The molecule has 1 aliphatic heterocycles. The predicted octanol–water partition coefficient (Wildman–Crippen LogP) is 1.52. The highest BCUT2D eigenvalue weighted by Gasteiger charge is 2.35. The molecule has 1 amide bonds. The standard InChI is InChI=1S/C18H22N2O4/c1-11-8-12(2)16(22)15-13(11)4-5-14(19-15)17(23)20-7-3-6-18(24,9-20)10-21/h4-5,8,21-22,24H,3,6-7,9-10H2,1-2H3/t18-/m1/s1. The monoisotopic (exact) mass is 330 g/mol. The number of benzene rings is 1. The molecule has 0 aliphatic carbocycles. The van der Waals surface area contributed by atoms with E-state index in [1.54, 1.807) is 19.1 Å². The maximum Gasteiger partial charge on any atom is 0.272 e. The summed E-state index contributed by atoms with van der Waals surface area (Å²) in [5.74, 6) is -0.224. The van der Waals surface area contributed by atoms with Gasteiger partial charge in [0.25, 0.3) is 5.91 Å². The first-order valence-corrected chi connectivity index (χ1v) is 8.07. The van der Waals surface area contributed by atoms with Crippen molar-refractivity contribution in [2.45, 2.75) is 32.3 Å². The third-order valence-corrected chi connectivity index (χ3v) is 4.71. The zero-order valence-electron chi connectivity index (χ0n) is 13.9. The fraction of sp³-hybridized carbons (Fsp3) is 0.444. The summed E-state index contributed by atoms with van der Waals surface area (Å²) in [4.78, 5) is 18.6. The largest absolute Gasteiger partial charge is 0.505 e. The fourth-order valence-electron chi connectivity index (χ4n) is 3.31. The molecule has 0 saturated carbocycles. The normalized spacial score (nSPS) is 21.2. The van der Waals surface area contributed by atoms with Gasteiger partial charge in [0.15, 0.2) is 0 Å². The van der Waals surface area contributed by atoms with Crippen LogP contribution in [0.2, 0.25) is 0 Å². The molecule has 24 heavy (non-hydrogen) atoms. The minimum Gasteiger partial charge on any atom is -0.505 e. The van der Waals surface area contributed by atoms with Gasteiger partial charge >= 0.3 is 0 Å². The van der Waals surface area contributed by atoms with Gasteiger partial charge in [0.2, 0.25) is 0 Å². The molecular weight excluding hydrogens is 308 g/mol. The van der Waals surface area contributed by atoms with Crippen LogP contribution in [-0.2, 0) is 0 Å². The lowest BCUT2D eigenvalue weighted by Gasteiger charge is -2.37. The van der Waals surface area contributed by atoms with Crippen LogP contribution >= 0.6 is 0 Å². The molecule has 0 spiro atoms. The van der Waals surface area contributed by atoms with Crippen LogP contribution in [-0.4, -0.2) is 56.4 Å². The number of aromatic nitrogens is 1. The van der Waals surface area contributed by atoms with E-state index in [0.29, 0.717) is 30.5 Å². The zero-order chi connectivity index (χ0) is 17.5. The lowest BCUT2D eigenvalue weighted by molar-refractivity contribution is -0.0599. The van der Waals surface area contributed by atoms with Crippen LogP contribution in [0.5, 0.6) is 5.75 Å². The summed E-state index contributed by atoms with van der Waals surface area (Å²) in [7, 11) is 0. The van der Waals surface area contributed by atoms with Gasteiger partial charge in [0.05, 0.1) is 13.2 Å². The van der Waals surface area contributed by atoms with Gasteiger partial charge in [-0.15, -0.1) is 0 Å². The quantitative estimate of drug-likeness (QED) is 0.776. The SMILES string of the molecule is Cc1cc(C)c2ccc(C(=O)N3CCC[C@](O)(CO)C3)nc2c1O. The summed E-state index contributed by atoms with van der Waals surface area (Å²) < 4.78 is 0. The van der Waals surface area contributed by atoms with E-state index in [1.165, 1.54) is 4.90 Å². The highest BCUT2D eigenvalue weighted by molar-refractivity contribution is 5.97. The van der Waals surface area contributed by atoms with Gasteiger partial charge in [-0.1, -0.05) is 12.1 Å². The first-order valence-electron chi connectivity index (χ1n) is 8.07. The second-order valence-electron chi connectivity index (χ2n) is 6.66. The second-order valence-corrected chi connectivity index (χ2v) is 6.66. The van der Waals surface area contributed by atoms with Gasteiger partial charge in [-0.25, -0.2) is 4.98 Å². The number of likely N-dealkylation sites (tertiary alicyclic amines) is 1. The number of aliphatic hydroxyl groups is 2. The summed E-state index contributed by atoms with van der Waals surface area (Å²) in [6.07, 6.45) is 1.09. The number of phenolic OH excluding ortho intramolecular Hbond substituents is 1. The molecule has 1 aliphatic rings. The van der Waals surface area contributed by atoms with Crippen LogP contribution in [0.1, 0.15) is 34.5 Å². The van der Waals surface area contributed by atoms with Crippen molar-refractivity contribution in [1.29, 1.82) is 0 Å². The number of pyridine rings is 1. The van der Waals surface area contributed by atoms with E-state index < -0.39 is 5.60 Å². The van der Waals surface area contributed by atoms with Crippen LogP contribution in [0.15, 0.2) is 18.2 Å². The summed E-state index contributed by atoms with van der Waals surface area (Å²) in [6, 6.07) is 5.30. The molecule has 2 heterocycles. The fourth-order valence-corrected chi connectivity index (χ4v) is 3.31. The number of fused-ring (bicyclic) bond motifs is 1. The van der Waals surface area contributed by atoms with E-state index in [1.807, 2.05) is 13.0 Å². The molecule has 6 heteroatoms. The van der Waals surface area contributed by atoms with Crippen molar-refractivity contribution >= 4 is 16.8 Å². The first kappa shape index (κ1) is 16.7. The van der Waals surface area contributed by atoms with Crippen molar-refractivity contribution in [2.75, 3.05) is 19.7 Å². The third kappa shape index (κ3) is 2.83. The van der Waals surface area contributed by atoms with Crippen LogP contribution in [0.4, 0.5) is 0 Å². The number of β-amino-alcohol motifs (C(OH)–C–C–N with tert-alkyl or cyclic N) is 1. The second kappa shape index (κ2) is 6.03. The molecule has 6 nitrogen and oxygen atoms in total. The lowest BCUT2D eigenvalue weighted by atomic mass is 9.93.